The van der Waals surface area contributed by atoms with Crippen molar-refractivity contribution in [3.8, 4) is 11.5 Å². The molecule has 3 heteroatoms. The molecular formula is C16H17BrO2. The third kappa shape index (κ3) is 3.82. The number of benzene rings is 2. The summed E-state index contributed by atoms with van der Waals surface area (Å²) >= 11 is 3.41. The van der Waals surface area contributed by atoms with Crippen LogP contribution >= 0.6 is 15.9 Å². The summed E-state index contributed by atoms with van der Waals surface area (Å²) in [6.45, 7) is 2.19. The molecule has 0 aromatic heterocycles. The fourth-order valence-electron chi connectivity index (χ4n) is 1.87. The second-order valence-corrected chi connectivity index (χ2v) is 5.26. The quantitative estimate of drug-likeness (QED) is 0.866. The Morgan fingerprint density at radius 1 is 1.05 bits per heavy atom. The Hall–Kier alpha value is -1.32. The Balaban J connectivity index is 2.10. The average molecular weight is 321 g/mol. The van der Waals surface area contributed by atoms with E-state index in [0.29, 0.717) is 0 Å². The zero-order valence-corrected chi connectivity index (χ0v) is 12.5. The van der Waals surface area contributed by atoms with E-state index in [1.807, 2.05) is 30.3 Å². The molecule has 0 aliphatic rings. The molecule has 0 amide bonds. The van der Waals surface area contributed by atoms with Gasteiger partial charge in [-0.3, -0.25) is 0 Å². The minimum absolute atomic E-state index is 0.0204. The Bertz CT molecular complexity index is 535. The van der Waals surface area contributed by atoms with Crippen LogP contribution in [0.25, 0.3) is 0 Å². The summed E-state index contributed by atoms with van der Waals surface area (Å²) < 4.78 is 6.64. The summed E-state index contributed by atoms with van der Waals surface area (Å²) in [6.07, 6.45) is 2.24. The molecule has 0 aliphatic heterocycles. The highest BCUT2D eigenvalue weighted by Crippen LogP contribution is 2.27. The summed E-state index contributed by atoms with van der Waals surface area (Å²) in [5, 5.41) is 9.11. The first-order valence-electron chi connectivity index (χ1n) is 6.39. The van der Waals surface area contributed by atoms with Crippen molar-refractivity contribution in [1.82, 2.24) is 0 Å². The van der Waals surface area contributed by atoms with Gasteiger partial charge < -0.3 is 9.84 Å². The number of rotatable bonds is 5. The Morgan fingerprint density at radius 3 is 2.32 bits per heavy atom. The highest BCUT2D eigenvalue weighted by molar-refractivity contribution is 9.10. The van der Waals surface area contributed by atoms with E-state index in [1.54, 1.807) is 0 Å². The Morgan fingerprint density at radius 2 is 1.74 bits per heavy atom. The summed E-state index contributed by atoms with van der Waals surface area (Å²) in [5.41, 5.74) is 2.18. The van der Waals surface area contributed by atoms with Gasteiger partial charge in [-0.2, -0.15) is 0 Å². The SMILES string of the molecule is CCCc1ccc(Oc2ccc(CO)c(Br)c2)cc1. The molecule has 2 aromatic rings. The van der Waals surface area contributed by atoms with Crippen LogP contribution in [0.2, 0.25) is 0 Å². The number of aliphatic hydroxyl groups excluding tert-OH is 1. The second kappa shape index (κ2) is 6.73. The van der Waals surface area contributed by atoms with Crippen LogP contribution in [0.3, 0.4) is 0 Å². The molecule has 0 heterocycles. The number of ether oxygens (including phenoxy) is 1. The van der Waals surface area contributed by atoms with Crippen LogP contribution in [-0.4, -0.2) is 5.11 Å². The van der Waals surface area contributed by atoms with Gasteiger partial charge in [0.15, 0.2) is 0 Å². The van der Waals surface area contributed by atoms with E-state index in [-0.39, 0.29) is 6.61 Å². The van der Waals surface area contributed by atoms with Gasteiger partial charge in [-0.1, -0.05) is 47.5 Å². The van der Waals surface area contributed by atoms with Crippen molar-refractivity contribution in [3.05, 3.63) is 58.1 Å². The Labute approximate surface area is 122 Å². The molecule has 19 heavy (non-hydrogen) atoms. The number of hydrogen-bond donors (Lipinski definition) is 1. The smallest absolute Gasteiger partial charge is 0.128 e. The molecule has 2 aromatic carbocycles. The van der Waals surface area contributed by atoms with E-state index in [2.05, 4.69) is 35.0 Å². The Kier molecular flexibility index (Phi) is 5.00. The highest BCUT2D eigenvalue weighted by Gasteiger charge is 2.02. The lowest BCUT2D eigenvalue weighted by molar-refractivity contribution is 0.281. The molecule has 0 atom stereocenters. The average Bonchev–Trinajstić information content (AvgIpc) is 2.42. The van der Waals surface area contributed by atoms with Crippen LogP contribution in [0.15, 0.2) is 46.9 Å². The lowest BCUT2D eigenvalue weighted by Gasteiger charge is -2.08. The topological polar surface area (TPSA) is 29.5 Å². The van der Waals surface area contributed by atoms with Crippen molar-refractivity contribution in [1.29, 1.82) is 0 Å². The van der Waals surface area contributed by atoms with Crippen molar-refractivity contribution in [2.75, 3.05) is 0 Å². The van der Waals surface area contributed by atoms with Crippen LogP contribution in [0.5, 0.6) is 11.5 Å². The van der Waals surface area contributed by atoms with Crippen LogP contribution < -0.4 is 4.74 Å². The minimum Gasteiger partial charge on any atom is -0.457 e. The van der Waals surface area contributed by atoms with Crippen LogP contribution in [0.1, 0.15) is 24.5 Å². The molecule has 2 rings (SSSR count). The highest BCUT2D eigenvalue weighted by atomic mass is 79.9. The molecule has 0 fully saturated rings. The first-order valence-corrected chi connectivity index (χ1v) is 7.18. The fraction of sp³-hybridized carbons (Fsp3) is 0.250. The van der Waals surface area contributed by atoms with Gasteiger partial charge >= 0.3 is 0 Å². The van der Waals surface area contributed by atoms with Crippen molar-refractivity contribution < 1.29 is 9.84 Å². The largest absolute Gasteiger partial charge is 0.457 e. The van der Waals surface area contributed by atoms with Gasteiger partial charge in [0.2, 0.25) is 0 Å². The molecule has 2 nitrogen and oxygen atoms in total. The molecule has 0 radical (unpaired) electrons. The predicted octanol–water partition coefficient (Wildman–Crippen LogP) is 4.69. The summed E-state index contributed by atoms with van der Waals surface area (Å²) in [6, 6.07) is 13.7. The molecule has 0 saturated heterocycles. The number of halogens is 1. The van der Waals surface area contributed by atoms with Gasteiger partial charge in [0.25, 0.3) is 0 Å². The summed E-state index contributed by atoms with van der Waals surface area (Å²) in [5.74, 6) is 1.58. The first kappa shape index (κ1) is 14.1. The van der Waals surface area contributed by atoms with Crippen molar-refractivity contribution in [2.24, 2.45) is 0 Å². The van der Waals surface area contributed by atoms with Gasteiger partial charge in [-0.05, 0) is 41.8 Å². The van der Waals surface area contributed by atoms with Crippen molar-refractivity contribution in [2.45, 2.75) is 26.4 Å². The van der Waals surface area contributed by atoms with E-state index < -0.39 is 0 Å². The maximum Gasteiger partial charge on any atom is 0.128 e. The third-order valence-corrected chi connectivity index (χ3v) is 3.63. The van der Waals surface area contributed by atoms with Gasteiger partial charge in [-0.15, -0.1) is 0 Å². The fourth-order valence-corrected chi connectivity index (χ4v) is 2.35. The van der Waals surface area contributed by atoms with Gasteiger partial charge in [0, 0.05) is 4.47 Å². The maximum absolute atomic E-state index is 9.11. The first-order chi connectivity index (χ1) is 9.22. The molecule has 0 saturated carbocycles. The monoisotopic (exact) mass is 320 g/mol. The third-order valence-electron chi connectivity index (χ3n) is 2.89. The standard InChI is InChI=1S/C16H17BrO2/c1-2-3-12-4-7-14(8-5-12)19-15-9-6-13(11-18)16(17)10-15/h4-10,18H,2-3,11H2,1H3. The van der Waals surface area contributed by atoms with Crippen LogP contribution in [0, 0.1) is 0 Å². The summed E-state index contributed by atoms with van der Waals surface area (Å²) in [7, 11) is 0. The van der Waals surface area contributed by atoms with Gasteiger partial charge in [-0.25, -0.2) is 0 Å². The summed E-state index contributed by atoms with van der Waals surface area (Å²) in [4.78, 5) is 0. The molecule has 0 aliphatic carbocycles. The van der Waals surface area contributed by atoms with Crippen LogP contribution in [-0.2, 0) is 13.0 Å². The van der Waals surface area contributed by atoms with Gasteiger partial charge in [0.05, 0.1) is 6.61 Å². The lowest BCUT2D eigenvalue weighted by atomic mass is 10.1. The number of aryl methyl sites for hydroxylation is 1. The van der Waals surface area contributed by atoms with E-state index in [4.69, 9.17) is 9.84 Å². The molecule has 100 valence electrons. The maximum atomic E-state index is 9.11. The van der Waals surface area contributed by atoms with E-state index >= 15 is 0 Å². The zero-order chi connectivity index (χ0) is 13.7. The molecule has 0 spiro atoms. The van der Waals surface area contributed by atoms with Gasteiger partial charge in [0.1, 0.15) is 11.5 Å². The molecule has 1 N–H and O–H groups in total. The second-order valence-electron chi connectivity index (χ2n) is 4.41. The molecule has 0 unspecified atom stereocenters. The van der Waals surface area contributed by atoms with E-state index in [0.717, 1.165) is 34.4 Å². The van der Waals surface area contributed by atoms with E-state index in [1.165, 1.54) is 5.56 Å². The normalized spacial score (nSPS) is 10.5. The predicted molar refractivity (Wildman–Crippen MR) is 80.6 cm³/mol. The lowest BCUT2D eigenvalue weighted by Crippen LogP contribution is -1.89. The zero-order valence-electron chi connectivity index (χ0n) is 10.9. The van der Waals surface area contributed by atoms with Crippen molar-refractivity contribution >= 4 is 15.9 Å². The molecular weight excluding hydrogens is 304 g/mol. The van der Waals surface area contributed by atoms with Crippen molar-refractivity contribution in [3.63, 3.8) is 0 Å². The van der Waals surface area contributed by atoms with Crippen LogP contribution in [0.4, 0.5) is 0 Å². The minimum atomic E-state index is 0.0204. The molecule has 0 bridgehead atoms. The number of hydrogen-bond acceptors (Lipinski definition) is 2. The number of aliphatic hydroxyl groups is 1. The van der Waals surface area contributed by atoms with E-state index in [9.17, 15) is 0 Å².